The molecule has 298 valence electrons. The van der Waals surface area contributed by atoms with Gasteiger partial charge < -0.3 is 26.2 Å². The van der Waals surface area contributed by atoms with E-state index in [1.54, 1.807) is 30.9 Å². The van der Waals surface area contributed by atoms with E-state index in [4.69, 9.17) is 0 Å². The van der Waals surface area contributed by atoms with Crippen LogP contribution in [0.4, 0.5) is 0 Å². The highest BCUT2D eigenvalue weighted by Crippen LogP contribution is 2.43. The third-order valence-electron chi connectivity index (χ3n) is 10.8. The minimum atomic E-state index is -0.922. The largest absolute Gasteiger partial charge is 0.376 e. The van der Waals surface area contributed by atoms with Gasteiger partial charge in [0.2, 0.25) is 29.4 Å². The van der Waals surface area contributed by atoms with Gasteiger partial charge in [0.1, 0.15) is 18.1 Å². The number of likely N-dealkylation sites (tertiary alicyclic amines) is 1. The fraction of sp³-hybridized carbons (Fsp3) is 0.628. The highest BCUT2D eigenvalue weighted by Gasteiger charge is 2.51. The van der Waals surface area contributed by atoms with E-state index in [2.05, 4.69) is 21.3 Å². The summed E-state index contributed by atoms with van der Waals surface area (Å²) in [4.78, 5) is 82.7. The first-order chi connectivity index (χ1) is 25.7. The van der Waals surface area contributed by atoms with Gasteiger partial charge in [0.05, 0.1) is 11.7 Å². The number of nitrogens with one attached hydrogen (secondary N) is 4. The van der Waals surface area contributed by atoms with Gasteiger partial charge in [-0.05, 0) is 88.2 Å². The normalized spacial score (nSPS) is 20.7. The Labute approximate surface area is 322 Å². The van der Waals surface area contributed by atoms with Gasteiger partial charge in [0.25, 0.3) is 0 Å². The molecule has 7 atom stereocenters. The average molecular weight is 748 g/mol. The highest BCUT2D eigenvalue weighted by atomic mass is 16.2. The van der Waals surface area contributed by atoms with Crippen molar-refractivity contribution in [3.05, 3.63) is 59.8 Å². The van der Waals surface area contributed by atoms with Gasteiger partial charge in [-0.1, -0.05) is 89.9 Å². The fourth-order valence-corrected chi connectivity index (χ4v) is 7.80. The molecule has 1 aromatic rings. The Hall–Kier alpha value is -4.28. The second kappa shape index (κ2) is 21.6. The lowest BCUT2D eigenvalue weighted by Gasteiger charge is -2.34. The van der Waals surface area contributed by atoms with E-state index in [0.29, 0.717) is 44.3 Å². The maximum atomic E-state index is 14.4. The molecule has 2 unspecified atom stereocenters. The quantitative estimate of drug-likeness (QED) is 0.0929. The van der Waals surface area contributed by atoms with Gasteiger partial charge in [-0.25, -0.2) is 0 Å². The van der Waals surface area contributed by atoms with Gasteiger partial charge in [0, 0.05) is 25.4 Å². The Kier molecular flexibility index (Phi) is 17.6. The van der Waals surface area contributed by atoms with Crippen molar-refractivity contribution in [1.82, 2.24) is 26.2 Å². The first kappa shape index (κ1) is 44.1. The predicted octanol–water partition coefficient (Wildman–Crippen LogP) is 5.71. The van der Waals surface area contributed by atoms with Crippen molar-refractivity contribution < 1.29 is 28.8 Å². The summed E-state index contributed by atoms with van der Waals surface area (Å²) in [6, 6.07) is 6.39. The van der Waals surface area contributed by atoms with Crippen LogP contribution < -0.4 is 21.3 Å². The number of benzene rings is 1. The van der Waals surface area contributed by atoms with Crippen LogP contribution in [0.2, 0.25) is 0 Å². The predicted molar refractivity (Wildman–Crippen MR) is 212 cm³/mol. The molecule has 54 heavy (non-hydrogen) atoms. The molecular formula is C43H65N5O6. The second-order valence-electron chi connectivity index (χ2n) is 15.7. The number of nitrogens with zero attached hydrogens (tertiary/aromatic N) is 1. The molecule has 1 heterocycles. The summed E-state index contributed by atoms with van der Waals surface area (Å²) in [7, 11) is 0. The summed E-state index contributed by atoms with van der Waals surface area (Å²) in [5.41, 5.74) is 1.46. The Morgan fingerprint density at radius 2 is 1.50 bits per heavy atom. The number of hydrogen-bond acceptors (Lipinski definition) is 7. The van der Waals surface area contributed by atoms with Gasteiger partial charge in [-0.3, -0.25) is 28.8 Å². The minimum absolute atomic E-state index is 0.0154. The molecule has 4 N–H and O–H groups in total. The fourth-order valence-electron chi connectivity index (χ4n) is 7.80. The van der Waals surface area contributed by atoms with Crippen molar-refractivity contribution in [3.63, 3.8) is 0 Å². The molecule has 0 radical (unpaired) electrons. The monoisotopic (exact) mass is 747 g/mol. The zero-order chi connectivity index (χ0) is 39.9. The maximum Gasteiger partial charge on any atom is 0.246 e. The summed E-state index contributed by atoms with van der Waals surface area (Å²) < 4.78 is 0. The first-order valence-corrected chi connectivity index (χ1v) is 20.1. The molecule has 0 bridgehead atoms. The van der Waals surface area contributed by atoms with Crippen molar-refractivity contribution in [2.45, 2.75) is 143 Å². The molecule has 3 rings (SSSR count). The van der Waals surface area contributed by atoms with Crippen LogP contribution in [-0.4, -0.2) is 70.8 Å². The smallest absolute Gasteiger partial charge is 0.246 e. The number of fused-ring (bicyclic) bond motifs is 1. The van der Waals surface area contributed by atoms with E-state index < -0.39 is 30.1 Å². The summed E-state index contributed by atoms with van der Waals surface area (Å²) in [5, 5.41) is 12.2. The number of Topliss-reactive ketones (excluding diaryl/α,β-unsaturated/α-hetero) is 1. The van der Waals surface area contributed by atoms with E-state index in [9.17, 15) is 28.8 Å². The summed E-state index contributed by atoms with van der Waals surface area (Å²) in [5.74, 6) is -2.05. The van der Waals surface area contributed by atoms with Gasteiger partial charge in [-0.2, -0.15) is 0 Å². The zero-order valence-corrected chi connectivity index (χ0v) is 33.8. The SMILES string of the molecule is C/C=C\C(=O)CCCCC(=O)N[C@H](C(=O)N[C@H](C(=O)N1C[C@@H]2CCC[C@@H]2C1C(=O)NC(CCC)C(=O)/C(=C\C)N[C@@H](C)c1ccccc1)C(C)C)C(C)C. The van der Waals surface area contributed by atoms with Crippen LogP contribution in [0.3, 0.4) is 0 Å². The Balaban J connectivity index is 1.74. The molecule has 11 nitrogen and oxygen atoms in total. The van der Waals surface area contributed by atoms with Crippen LogP contribution in [0.1, 0.15) is 125 Å². The maximum absolute atomic E-state index is 14.4. The van der Waals surface area contributed by atoms with Crippen molar-refractivity contribution in [3.8, 4) is 0 Å². The second-order valence-corrected chi connectivity index (χ2v) is 15.7. The van der Waals surface area contributed by atoms with E-state index in [1.165, 1.54) is 6.08 Å². The van der Waals surface area contributed by atoms with E-state index >= 15 is 0 Å². The topological polar surface area (TPSA) is 154 Å². The molecule has 11 heteroatoms. The lowest BCUT2D eigenvalue weighted by atomic mass is 9.92. The van der Waals surface area contributed by atoms with Gasteiger partial charge in [-0.15, -0.1) is 0 Å². The lowest BCUT2D eigenvalue weighted by Crippen LogP contribution is -2.60. The standard InChI is InChI=1S/C43H65N5O6/c1-9-18-32(49)23-15-16-25-36(50)46-37(27(4)5)41(52)47-38(28(6)7)43(54)48-26-31-22-17-24-33(31)39(48)42(53)45-35(19-10-2)40(51)34(11-3)44-29(8)30-20-13-12-14-21-30/h9,11-14,18,20-21,27-29,31,33,35,37-39,44H,10,15-17,19,22-26H2,1-8H3,(H,45,53)(H,46,50)(H,47,52)/b18-9-,34-11+/t29-,31-,33-,35?,37-,38-,39?/m0/s1. The highest BCUT2D eigenvalue weighted by molar-refractivity contribution is 6.02. The van der Waals surface area contributed by atoms with Gasteiger partial charge >= 0.3 is 0 Å². The number of unbranched alkanes of at least 4 members (excludes halogenated alkanes) is 1. The molecule has 1 aliphatic carbocycles. The molecular weight excluding hydrogens is 683 g/mol. The minimum Gasteiger partial charge on any atom is -0.376 e. The third-order valence-corrected chi connectivity index (χ3v) is 10.8. The molecule has 1 saturated heterocycles. The molecule has 2 fully saturated rings. The summed E-state index contributed by atoms with van der Waals surface area (Å²) in [6.07, 6.45) is 10.4. The molecule has 0 aromatic heterocycles. The van der Waals surface area contributed by atoms with Crippen LogP contribution in [0.25, 0.3) is 0 Å². The van der Waals surface area contributed by atoms with Crippen LogP contribution in [0.15, 0.2) is 54.3 Å². The lowest BCUT2D eigenvalue weighted by molar-refractivity contribution is -0.144. The molecule has 1 saturated carbocycles. The van der Waals surface area contributed by atoms with Crippen molar-refractivity contribution in [2.24, 2.45) is 23.7 Å². The Morgan fingerprint density at radius 3 is 2.11 bits per heavy atom. The van der Waals surface area contributed by atoms with Crippen molar-refractivity contribution >= 4 is 35.2 Å². The van der Waals surface area contributed by atoms with E-state index in [1.807, 2.05) is 71.9 Å². The molecule has 0 spiro atoms. The zero-order valence-electron chi connectivity index (χ0n) is 33.8. The number of rotatable bonds is 21. The van der Waals surface area contributed by atoms with Crippen LogP contribution in [-0.2, 0) is 28.8 Å². The third kappa shape index (κ3) is 12.1. The molecule has 2 aliphatic rings. The number of hydrogen-bond donors (Lipinski definition) is 4. The van der Waals surface area contributed by atoms with Crippen LogP contribution >= 0.6 is 0 Å². The van der Waals surface area contributed by atoms with E-state index in [-0.39, 0.29) is 65.4 Å². The van der Waals surface area contributed by atoms with E-state index in [0.717, 1.165) is 24.8 Å². The first-order valence-electron chi connectivity index (χ1n) is 20.1. The number of carbonyl (C=O) groups is 6. The average Bonchev–Trinajstić information content (AvgIpc) is 3.75. The van der Waals surface area contributed by atoms with Crippen LogP contribution in [0, 0.1) is 23.7 Å². The number of ketones is 2. The number of amides is 4. The molecule has 4 amide bonds. The summed E-state index contributed by atoms with van der Waals surface area (Å²) in [6.45, 7) is 15.3. The van der Waals surface area contributed by atoms with Gasteiger partial charge in [0.15, 0.2) is 5.78 Å². The number of allylic oxidation sites excluding steroid dienone is 3. The van der Waals surface area contributed by atoms with Crippen molar-refractivity contribution in [2.75, 3.05) is 6.54 Å². The van der Waals surface area contributed by atoms with Crippen molar-refractivity contribution in [1.29, 1.82) is 0 Å². The Morgan fingerprint density at radius 1 is 0.833 bits per heavy atom. The Bertz CT molecular complexity index is 1500. The number of carbonyl (C=O) groups excluding carboxylic acids is 6. The summed E-state index contributed by atoms with van der Waals surface area (Å²) >= 11 is 0. The molecule has 1 aliphatic heterocycles. The molecule has 1 aromatic carbocycles. The van der Waals surface area contributed by atoms with Crippen LogP contribution in [0.5, 0.6) is 0 Å².